The number of nitrogens with zero attached hydrogens (tertiary/aromatic N) is 2. The van der Waals surface area contributed by atoms with Crippen LogP contribution in [0.3, 0.4) is 0 Å². The van der Waals surface area contributed by atoms with Gasteiger partial charge in [0.2, 0.25) is 0 Å². The smallest absolute Gasteiger partial charge is 0.125 e. The highest BCUT2D eigenvalue weighted by Crippen LogP contribution is 2.21. The lowest BCUT2D eigenvalue weighted by Gasteiger charge is -2.20. The minimum Gasteiger partial charge on any atom is -0.150 e. The number of hydrogen-bond donors (Lipinski definition) is 0. The van der Waals surface area contributed by atoms with E-state index in [2.05, 4.69) is 10.4 Å². The van der Waals surface area contributed by atoms with Crippen LogP contribution >= 0.6 is 0 Å². The van der Waals surface area contributed by atoms with Crippen LogP contribution in [0.2, 0.25) is 0 Å². The van der Waals surface area contributed by atoms with Crippen molar-refractivity contribution < 1.29 is 0 Å². The number of rotatable bonds is 4. The Labute approximate surface area is 60.0 Å². The molecule has 0 spiro atoms. The second kappa shape index (κ2) is 3.39. The van der Waals surface area contributed by atoms with Gasteiger partial charge < -0.3 is 0 Å². The first-order valence-electron chi connectivity index (χ1n) is 3.27. The van der Waals surface area contributed by atoms with Crippen LogP contribution in [0, 0.1) is 9.81 Å². The summed E-state index contributed by atoms with van der Waals surface area (Å²) >= 11 is 0. The van der Waals surface area contributed by atoms with Gasteiger partial charge in [-0.15, -0.1) is 0 Å². The van der Waals surface area contributed by atoms with Gasteiger partial charge in [0, 0.05) is 0 Å². The summed E-state index contributed by atoms with van der Waals surface area (Å²) in [5.74, 6) is 0. The van der Waals surface area contributed by atoms with E-state index in [1.54, 1.807) is 13.8 Å². The molecule has 0 rings (SSSR count). The standard InChI is InChI=1S/C6H12N2O2/c1-4-6(3,8-10)5(2)7-9/h5H,4H2,1-3H3/t5-,6+/m1/s1. The molecule has 2 atom stereocenters. The van der Waals surface area contributed by atoms with Gasteiger partial charge in [0.1, 0.15) is 11.6 Å². The maximum absolute atomic E-state index is 10.2. The zero-order chi connectivity index (χ0) is 8.20. The third-order valence-corrected chi connectivity index (χ3v) is 1.98. The zero-order valence-electron chi connectivity index (χ0n) is 6.50. The van der Waals surface area contributed by atoms with Crippen LogP contribution in [0.1, 0.15) is 27.2 Å². The van der Waals surface area contributed by atoms with Crippen LogP contribution in [-0.4, -0.2) is 11.6 Å². The normalized spacial score (nSPS) is 19.1. The summed E-state index contributed by atoms with van der Waals surface area (Å²) in [6.07, 6.45) is 0.545. The first kappa shape index (κ1) is 9.20. The van der Waals surface area contributed by atoms with Gasteiger partial charge in [-0.3, -0.25) is 0 Å². The third kappa shape index (κ3) is 1.59. The Kier molecular flexibility index (Phi) is 3.12. The zero-order valence-corrected chi connectivity index (χ0v) is 6.50. The fraction of sp³-hybridized carbons (Fsp3) is 1.00. The third-order valence-electron chi connectivity index (χ3n) is 1.98. The van der Waals surface area contributed by atoms with Crippen molar-refractivity contribution in [2.75, 3.05) is 0 Å². The van der Waals surface area contributed by atoms with E-state index in [1.807, 2.05) is 6.92 Å². The summed E-state index contributed by atoms with van der Waals surface area (Å²) in [4.78, 5) is 20.2. The van der Waals surface area contributed by atoms with Crippen molar-refractivity contribution in [3.8, 4) is 0 Å². The molecule has 0 fully saturated rings. The molecule has 0 amide bonds. The van der Waals surface area contributed by atoms with Crippen molar-refractivity contribution in [2.45, 2.75) is 38.8 Å². The number of hydrogen-bond acceptors (Lipinski definition) is 4. The van der Waals surface area contributed by atoms with Crippen LogP contribution in [0.15, 0.2) is 10.4 Å². The van der Waals surface area contributed by atoms with E-state index in [0.29, 0.717) is 6.42 Å². The van der Waals surface area contributed by atoms with Crippen molar-refractivity contribution in [3.05, 3.63) is 9.81 Å². The second-order valence-corrected chi connectivity index (χ2v) is 2.58. The lowest BCUT2D eigenvalue weighted by Crippen LogP contribution is -2.32. The lowest BCUT2D eigenvalue weighted by atomic mass is 9.92. The van der Waals surface area contributed by atoms with Gasteiger partial charge in [-0.1, -0.05) is 17.3 Å². The van der Waals surface area contributed by atoms with E-state index < -0.39 is 11.6 Å². The first-order valence-corrected chi connectivity index (χ1v) is 3.27. The molecule has 0 aliphatic heterocycles. The van der Waals surface area contributed by atoms with Gasteiger partial charge >= 0.3 is 0 Å². The summed E-state index contributed by atoms with van der Waals surface area (Å²) in [5.41, 5.74) is -0.818. The fourth-order valence-electron chi connectivity index (χ4n) is 0.550. The molecule has 0 heterocycles. The summed E-state index contributed by atoms with van der Waals surface area (Å²) in [7, 11) is 0. The Balaban J connectivity index is 4.30. The predicted octanol–water partition coefficient (Wildman–Crippen LogP) is 2.08. The molecule has 0 N–H and O–H groups in total. The van der Waals surface area contributed by atoms with Crippen LogP contribution in [0.5, 0.6) is 0 Å². The Morgan fingerprint density at radius 2 is 2.00 bits per heavy atom. The monoisotopic (exact) mass is 144 g/mol. The molecule has 0 bridgehead atoms. The average molecular weight is 144 g/mol. The van der Waals surface area contributed by atoms with Gasteiger partial charge in [-0.2, -0.15) is 9.81 Å². The SMILES string of the molecule is CC[C@](C)(N=O)[C@@H](C)N=O. The lowest BCUT2D eigenvalue weighted by molar-refractivity contribution is 0.382. The molecular formula is C6H12N2O2. The molecule has 0 saturated heterocycles. The van der Waals surface area contributed by atoms with E-state index in [-0.39, 0.29) is 0 Å². The summed E-state index contributed by atoms with van der Waals surface area (Å²) in [5, 5.41) is 5.62. The van der Waals surface area contributed by atoms with Gasteiger partial charge in [0.15, 0.2) is 0 Å². The van der Waals surface area contributed by atoms with E-state index in [9.17, 15) is 9.81 Å². The van der Waals surface area contributed by atoms with Crippen molar-refractivity contribution in [2.24, 2.45) is 10.4 Å². The van der Waals surface area contributed by atoms with E-state index in [4.69, 9.17) is 0 Å². The number of nitroso groups, excluding NO2 is 2. The highest BCUT2D eigenvalue weighted by molar-refractivity contribution is 4.90. The topological polar surface area (TPSA) is 58.9 Å². The Morgan fingerprint density at radius 3 is 2.10 bits per heavy atom. The van der Waals surface area contributed by atoms with Crippen LogP contribution in [-0.2, 0) is 0 Å². The van der Waals surface area contributed by atoms with E-state index in [1.165, 1.54) is 0 Å². The van der Waals surface area contributed by atoms with Crippen LogP contribution in [0.4, 0.5) is 0 Å². The molecule has 58 valence electrons. The summed E-state index contributed by atoms with van der Waals surface area (Å²) < 4.78 is 0. The van der Waals surface area contributed by atoms with Crippen molar-refractivity contribution in [1.29, 1.82) is 0 Å². The predicted molar refractivity (Wildman–Crippen MR) is 39.7 cm³/mol. The molecule has 0 unspecified atom stereocenters. The van der Waals surface area contributed by atoms with Gasteiger partial charge in [-0.05, 0) is 20.3 Å². The molecule has 4 nitrogen and oxygen atoms in total. The molecule has 4 heteroatoms. The van der Waals surface area contributed by atoms with Crippen LogP contribution < -0.4 is 0 Å². The second-order valence-electron chi connectivity index (χ2n) is 2.58. The molecule has 0 aliphatic carbocycles. The molecule has 0 aromatic heterocycles. The Morgan fingerprint density at radius 1 is 1.50 bits per heavy atom. The van der Waals surface area contributed by atoms with Gasteiger partial charge in [0.25, 0.3) is 0 Å². The minimum atomic E-state index is -0.818. The molecule has 0 saturated carbocycles. The molecule has 0 radical (unpaired) electrons. The van der Waals surface area contributed by atoms with Crippen molar-refractivity contribution >= 4 is 0 Å². The quantitative estimate of drug-likeness (QED) is 0.567. The minimum absolute atomic E-state index is 0.532. The maximum Gasteiger partial charge on any atom is 0.125 e. The molecule has 10 heavy (non-hydrogen) atoms. The summed E-state index contributed by atoms with van der Waals surface area (Å²) in [6, 6.07) is -0.532. The van der Waals surface area contributed by atoms with Crippen molar-refractivity contribution in [1.82, 2.24) is 0 Å². The Bertz CT molecular complexity index is 138. The maximum atomic E-state index is 10.2. The largest absolute Gasteiger partial charge is 0.150 e. The Hall–Kier alpha value is -0.800. The van der Waals surface area contributed by atoms with E-state index in [0.717, 1.165) is 0 Å². The average Bonchev–Trinajstić information content (AvgIpc) is 2.01. The molecule has 0 aliphatic rings. The fourth-order valence-corrected chi connectivity index (χ4v) is 0.550. The highest BCUT2D eigenvalue weighted by Gasteiger charge is 2.31. The summed E-state index contributed by atoms with van der Waals surface area (Å²) in [6.45, 7) is 5.03. The molecule has 0 aromatic carbocycles. The van der Waals surface area contributed by atoms with Gasteiger partial charge in [0.05, 0.1) is 0 Å². The van der Waals surface area contributed by atoms with Crippen molar-refractivity contribution in [3.63, 3.8) is 0 Å². The van der Waals surface area contributed by atoms with Gasteiger partial charge in [-0.25, -0.2) is 0 Å². The van der Waals surface area contributed by atoms with E-state index >= 15 is 0 Å². The molecule has 0 aromatic rings. The highest BCUT2D eigenvalue weighted by atomic mass is 16.3. The first-order chi connectivity index (χ1) is 4.60. The van der Waals surface area contributed by atoms with Crippen LogP contribution in [0.25, 0.3) is 0 Å². The molecular weight excluding hydrogens is 132 g/mol.